The highest BCUT2D eigenvalue weighted by Crippen LogP contribution is 2.30. The molecule has 2 aromatic heterocycles. The minimum absolute atomic E-state index is 0.280. The molecule has 0 radical (unpaired) electrons. The first-order chi connectivity index (χ1) is 15.9. The number of carboxylic acids is 1. The van der Waals surface area contributed by atoms with Gasteiger partial charge in [-0.05, 0) is 48.4 Å². The van der Waals surface area contributed by atoms with Crippen molar-refractivity contribution < 1.29 is 19.4 Å². The number of nitrogens with zero attached hydrogens (tertiary/aromatic N) is 2. The van der Waals surface area contributed by atoms with Gasteiger partial charge < -0.3 is 20.1 Å². The average molecular weight is 485 g/mol. The van der Waals surface area contributed by atoms with Crippen LogP contribution in [0.5, 0.6) is 5.75 Å². The SMILES string of the molecule is O=C(O)COc1cccc(CCNC(=O)c2ccnc3nc(-c4ccc(Cl)cc4Cl)[nH]c23)c1. The summed E-state index contributed by atoms with van der Waals surface area (Å²) in [5.74, 6) is -0.379. The number of imidazole rings is 1. The van der Waals surface area contributed by atoms with Crippen LogP contribution in [-0.4, -0.2) is 45.1 Å². The average Bonchev–Trinajstić information content (AvgIpc) is 3.22. The number of carbonyl (C=O) groups is 2. The number of hydrogen-bond acceptors (Lipinski definition) is 5. The standard InChI is InChI=1S/C23H18Cl2N4O4/c24-14-4-5-16(18(25)11-14)21-28-20-17(7-9-26-22(20)29-21)23(32)27-8-6-13-2-1-3-15(10-13)33-12-19(30)31/h1-5,7,9-11H,6,8,12H2,(H,27,32)(H,30,31)(H,26,28,29). The third-order valence-corrected chi connectivity index (χ3v) is 5.33. The van der Waals surface area contributed by atoms with Crippen molar-refractivity contribution in [2.75, 3.05) is 13.2 Å². The molecule has 2 aromatic carbocycles. The fraction of sp³-hybridized carbons (Fsp3) is 0.130. The van der Waals surface area contributed by atoms with Crippen LogP contribution in [0.2, 0.25) is 10.0 Å². The van der Waals surface area contributed by atoms with Gasteiger partial charge >= 0.3 is 5.97 Å². The number of H-pyrrole nitrogens is 1. The second-order valence-corrected chi connectivity index (χ2v) is 7.95. The molecule has 0 atom stereocenters. The first-order valence-corrected chi connectivity index (χ1v) is 10.7. The van der Waals surface area contributed by atoms with Gasteiger partial charge in [0.15, 0.2) is 12.3 Å². The zero-order chi connectivity index (χ0) is 23.4. The van der Waals surface area contributed by atoms with E-state index < -0.39 is 12.6 Å². The monoisotopic (exact) mass is 484 g/mol. The van der Waals surface area contributed by atoms with Gasteiger partial charge in [-0.1, -0.05) is 35.3 Å². The van der Waals surface area contributed by atoms with E-state index in [1.807, 2.05) is 6.07 Å². The number of carboxylic acid groups (broad SMARTS) is 1. The maximum Gasteiger partial charge on any atom is 0.341 e. The summed E-state index contributed by atoms with van der Waals surface area (Å²) in [6, 6.07) is 13.8. The van der Waals surface area contributed by atoms with Gasteiger partial charge in [0.1, 0.15) is 11.6 Å². The molecule has 0 bridgehead atoms. The summed E-state index contributed by atoms with van der Waals surface area (Å²) in [5.41, 5.74) is 2.85. The third kappa shape index (κ3) is 5.42. The molecule has 0 unspecified atom stereocenters. The van der Waals surface area contributed by atoms with Crippen LogP contribution in [0.15, 0.2) is 54.7 Å². The van der Waals surface area contributed by atoms with Gasteiger partial charge in [0.2, 0.25) is 0 Å². The van der Waals surface area contributed by atoms with Gasteiger partial charge in [-0.15, -0.1) is 0 Å². The molecule has 10 heteroatoms. The Labute approximate surface area is 198 Å². The number of benzene rings is 2. The lowest BCUT2D eigenvalue weighted by atomic mass is 10.1. The third-order valence-electron chi connectivity index (χ3n) is 4.78. The Morgan fingerprint density at radius 3 is 2.76 bits per heavy atom. The van der Waals surface area contributed by atoms with E-state index >= 15 is 0 Å². The highest BCUT2D eigenvalue weighted by Gasteiger charge is 2.16. The van der Waals surface area contributed by atoms with Crippen LogP contribution < -0.4 is 10.1 Å². The Morgan fingerprint density at radius 2 is 1.97 bits per heavy atom. The van der Waals surface area contributed by atoms with E-state index in [1.165, 1.54) is 6.20 Å². The van der Waals surface area contributed by atoms with Crippen molar-refractivity contribution >= 4 is 46.2 Å². The van der Waals surface area contributed by atoms with Gasteiger partial charge in [0, 0.05) is 23.3 Å². The fourth-order valence-corrected chi connectivity index (χ4v) is 3.76. The molecule has 4 rings (SSSR count). The van der Waals surface area contributed by atoms with Crippen LogP contribution in [0, 0.1) is 0 Å². The number of fused-ring (bicyclic) bond motifs is 1. The zero-order valence-electron chi connectivity index (χ0n) is 17.1. The van der Waals surface area contributed by atoms with E-state index in [1.54, 1.807) is 42.5 Å². The minimum Gasteiger partial charge on any atom is -0.482 e. The lowest BCUT2D eigenvalue weighted by Gasteiger charge is -2.08. The number of rotatable bonds is 8. The lowest BCUT2D eigenvalue weighted by molar-refractivity contribution is -0.139. The molecule has 0 spiro atoms. The van der Waals surface area contributed by atoms with E-state index in [0.29, 0.717) is 56.9 Å². The Hall–Kier alpha value is -3.62. The Balaban J connectivity index is 1.46. The number of pyridine rings is 1. The number of aliphatic carboxylic acids is 1. The fourth-order valence-electron chi connectivity index (χ4n) is 3.26. The van der Waals surface area contributed by atoms with Crippen molar-refractivity contribution in [3.05, 3.63) is 75.9 Å². The van der Waals surface area contributed by atoms with Crippen LogP contribution in [0.1, 0.15) is 15.9 Å². The van der Waals surface area contributed by atoms with E-state index in [9.17, 15) is 9.59 Å². The number of hydrogen-bond donors (Lipinski definition) is 3. The molecular weight excluding hydrogens is 467 g/mol. The number of ether oxygens (including phenoxy) is 1. The van der Waals surface area contributed by atoms with Crippen LogP contribution in [0.3, 0.4) is 0 Å². The van der Waals surface area contributed by atoms with Crippen LogP contribution in [0.25, 0.3) is 22.6 Å². The molecule has 168 valence electrons. The lowest BCUT2D eigenvalue weighted by Crippen LogP contribution is -2.26. The van der Waals surface area contributed by atoms with E-state index in [2.05, 4.69) is 20.3 Å². The maximum absolute atomic E-state index is 12.8. The van der Waals surface area contributed by atoms with Crippen molar-refractivity contribution in [3.63, 3.8) is 0 Å². The van der Waals surface area contributed by atoms with Gasteiger partial charge in [-0.3, -0.25) is 4.79 Å². The summed E-state index contributed by atoms with van der Waals surface area (Å²) in [4.78, 5) is 35.3. The first-order valence-electron chi connectivity index (χ1n) is 9.92. The van der Waals surface area contributed by atoms with Crippen molar-refractivity contribution in [2.45, 2.75) is 6.42 Å². The number of aromatic nitrogens is 3. The molecular formula is C23H18Cl2N4O4. The normalized spacial score (nSPS) is 10.8. The van der Waals surface area contributed by atoms with Gasteiger partial charge in [0.05, 0.1) is 16.1 Å². The Bertz CT molecular complexity index is 1340. The number of aromatic amines is 1. The molecule has 8 nitrogen and oxygen atoms in total. The Morgan fingerprint density at radius 1 is 1.12 bits per heavy atom. The summed E-state index contributed by atoms with van der Waals surface area (Å²) in [7, 11) is 0. The van der Waals surface area contributed by atoms with Gasteiger partial charge in [-0.25, -0.2) is 14.8 Å². The number of nitrogens with one attached hydrogen (secondary N) is 2. The second kappa shape index (κ2) is 9.89. The van der Waals surface area contributed by atoms with Crippen LogP contribution >= 0.6 is 23.2 Å². The quantitative estimate of drug-likeness (QED) is 0.341. The molecule has 33 heavy (non-hydrogen) atoms. The molecule has 1 amide bonds. The number of halogens is 2. The summed E-state index contributed by atoms with van der Waals surface area (Å²) >= 11 is 12.3. The molecule has 0 fully saturated rings. The predicted octanol–water partition coefficient (Wildman–Crippen LogP) is 4.37. The maximum atomic E-state index is 12.8. The molecule has 2 heterocycles. The molecule has 0 saturated heterocycles. The van der Waals surface area contributed by atoms with E-state index in [4.69, 9.17) is 33.0 Å². The van der Waals surface area contributed by atoms with E-state index in [-0.39, 0.29) is 5.91 Å². The molecule has 0 aliphatic heterocycles. The van der Waals surface area contributed by atoms with Crippen molar-refractivity contribution in [1.29, 1.82) is 0 Å². The first kappa shape index (κ1) is 22.6. The number of amides is 1. The predicted molar refractivity (Wildman–Crippen MR) is 125 cm³/mol. The highest BCUT2D eigenvalue weighted by atomic mass is 35.5. The van der Waals surface area contributed by atoms with E-state index in [0.717, 1.165) is 5.56 Å². The molecule has 0 aliphatic carbocycles. The van der Waals surface area contributed by atoms with Crippen LogP contribution in [-0.2, 0) is 11.2 Å². The summed E-state index contributed by atoms with van der Waals surface area (Å²) in [5, 5.41) is 12.6. The van der Waals surface area contributed by atoms with Gasteiger partial charge in [-0.2, -0.15) is 0 Å². The Kier molecular flexibility index (Phi) is 6.76. The molecule has 0 aliphatic rings. The minimum atomic E-state index is -1.04. The summed E-state index contributed by atoms with van der Waals surface area (Å²) in [6.07, 6.45) is 2.06. The van der Waals surface area contributed by atoms with Crippen molar-refractivity contribution in [2.24, 2.45) is 0 Å². The highest BCUT2D eigenvalue weighted by molar-refractivity contribution is 6.36. The zero-order valence-corrected chi connectivity index (χ0v) is 18.7. The molecule has 4 aromatic rings. The van der Waals surface area contributed by atoms with Crippen molar-refractivity contribution in [3.8, 4) is 17.1 Å². The summed E-state index contributed by atoms with van der Waals surface area (Å²) < 4.78 is 5.19. The molecule has 0 saturated carbocycles. The van der Waals surface area contributed by atoms with Gasteiger partial charge in [0.25, 0.3) is 5.91 Å². The summed E-state index contributed by atoms with van der Waals surface area (Å²) in [6.45, 7) is -0.0410. The topological polar surface area (TPSA) is 117 Å². The smallest absolute Gasteiger partial charge is 0.341 e. The largest absolute Gasteiger partial charge is 0.482 e. The van der Waals surface area contributed by atoms with Crippen molar-refractivity contribution in [1.82, 2.24) is 20.3 Å². The van der Waals surface area contributed by atoms with Crippen LogP contribution in [0.4, 0.5) is 0 Å². The second-order valence-electron chi connectivity index (χ2n) is 7.10. The number of carbonyl (C=O) groups excluding carboxylic acids is 1. The molecule has 3 N–H and O–H groups in total.